The molecule has 0 atom stereocenters. The average molecular weight is 337 g/mol. The van der Waals surface area contributed by atoms with Gasteiger partial charge in [-0.2, -0.15) is 0 Å². The van der Waals surface area contributed by atoms with E-state index in [9.17, 15) is 10.1 Å². The fraction of sp³-hybridized carbons (Fsp3) is 0.133. The van der Waals surface area contributed by atoms with Gasteiger partial charge in [0, 0.05) is 23.9 Å². The summed E-state index contributed by atoms with van der Waals surface area (Å²) < 4.78 is 1.64. The van der Waals surface area contributed by atoms with Gasteiger partial charge >= 0.3 is 0 Å². The van der Waals surface area contributed by atoms with E-state index in [2.05, 4.69) is 25.3 Å². The molecule has 0 saturated heterocycles. The van der Waals surface area contributed by atoms with Crippen LogP contribution in [0, 0.1) is 15.6 Å². The van der Waals surface area contributed by atoms with E-state index in [-0.39, 0.29) is 5.69 Å². The van der Waals surface area contributed by atoms with Crippen molar-refractivity contribution in [2.75, 3.05) is 0 Å². The first-order valence-electron chi connectivity index (χ1n) is 7.27. The van der Waals surface area contributed by atoms with Gasteiger partial charge in [-0.05, 0) is 23.8 Å². The highest BCUT2D eigenvalue weighted by Gasteiger charge is 2.08. The molecule has 1 N–H and O–H groups in total. The second-order valence-corrected chi connectivity index (χ2v) is 5.16. The van der Waals surface area contributed by atoms with E-state index in [1.54, 1.807) is 29.2 Å². The summed E-state index contributed by atoms with van der Waals surface area (Å²) in [6, 6.07) is 9.86. The van der Waals surface area contributed by atoms with Gasteiger partial charge in [0.05, 0.1) is 23.4 Å². The number of hydrogen-bond donors (Lipinski definition) is 1. The molecule has 10 heteroatoms. The minimum absolute atomic E-state index is 0.0328. The molecule has 0 bridgehead atoms. The second kappa shape index (κ2) is 7.20. The van der Waals surface area contributed by atoms with Crippen molar-refractivity contribution in [3.63, 3.8) is 0 Å². The molecule has 0 radical (unpaired) electrons. The van der Waals surface area contributed by atoms with E-state index in [0.717, 1.165) is 16.8 Å². The van der Waals surface area contributed by atoms with Crippen LogP contribution in [0.3, 0.4) is 0 Å². The first kappa shape index (κ1) is 16.1. The lowest BCUT2D eigenvalue weighted by atomic mass is 10.1. The molecule has 2 heterocycles. The molecule has 0 saturated carbocycles. The molecule has 1 aromatic carbocycles. The summed E-state index contributed by atoms with van der Waals surface area (Å²) >= 11 is 0. The maximum Gasteiger partial charge on any atom is 0.269 e. The molecule has 0 spiro atoms. The normalized spacial score (nSPS) is 10.2. The minimum atomic E-state index is -0.443. The van der Waals surface area contributed by atoms with E-state index < -0.39 is 4.92 Å². The third-order valence-corrected chi connectivity index (χ3v) is 3.45. The minimum Gasteiger partial charge on any atom is -0.259 e. The number of nitrogens with zero attached hydrogens (tertiary/aromatic N) is 7. The molecule has 10 nitrogen and oxygen atoms in total. The van der Waals surface area contributed by atoms with Crippen molar-refractivity contribution >= 4 is 5.69 Å². The van der Waals surface area contributed by atoms with Crippen molar-refractivity contribution in [2.45, 2.75) is 13.1 Å². The molecular weight excluding hydrogens is 324 g/mol. The standard InChI is InChI=1S/C15H13N8O2/c16-20-18-8-11-1-4-13(17-7-11)9-22-10-15(19-21-22)12-2-5-14(6-3-12)23(24)25/h1-7,10,16H,8-9H2/q+1. The Bertz CT molecular complexity index is 927. The maximum atomic E-state index is 10.7. The van der Waals surface area contributed by atoms with E-state index >= 15 is 0 Å². The quantitative estimate of drug-likeness (QED) is 0.318. The summed E-state index contributed by atoms with van der Waals surface area (Å²) in [5.74, 6) is 0. The summed E-state index contributed by atoms with van der Waals surface area (Å²) in [6.07, 6.45) is 3.43. The van der Waals surface area contributed by atoms with Gasteiger partial charge in [-0.15, -0.1) is 5.10 Å². The SMILES string of the molecule is N=[N+]=NCc1ccc(Cn2cc(-c3ccc([N+](=O)[O-])cc3)nn2)nc1. The van der Waals surface area contributed by atoms with Gasteiger partial charge in [0.15, 0.2) is 0 Å². The van der Waals surface area contributed by atoms with E-state index in [0.29, 0.717) is 18.8 Å². The van der Waals surface area contributed by atoms with Gasteiger partial charge in [0.25, 0.3) is 5.69 Å². The van der Waals surface area contributed by atoms with Crippen LogP contribution < -0.4 is 4.91 Å². The Hall–Kier alpha value is -3.78. The smallest absolute Gasteiger partial charge is 0.259 e. The lowest BCUT2D eigenvalue weighted by Crippen LogP contribution is -2.02. The Labute approximate surface area is 141 Å². The molecule has 3 aromatic rings. The van der Waals surface area contributed by atoms with Gasteiger partial charge in [0.2, 0.25) is 4.91 Å². The Morgan fingerprint density at radius 2 is 2.04 bits per heavy atom. The number of nitrogens with one attached hydrogen (secondary N) is 1. The third-order valence-electron chi connectivity index (χ3n) is 3.45. The molecule has 0 amide bonds. The van der Waals surface area contributed by atoms with Gasteiger partial charge in [0.1, 0.15) is 22.9 Å². The molecule has 0 unspecified atom stereocenters. The highest BCUT2D eigenvalue weighted by atomic mass is 16.6. The average Bonchev–Trinajstić information content (AvgIpc) is 3.10. The Balaban J connectivity index is 1.70. The zero-order valence-corrected chi connectivity index (χ0v) is 13.0. The van der Waals surface area contributed by atoms with Crippen LogP contribution in [0.25, 0.3) is 11.3 Å². The largest absolute Gasteiger partial charge is 0.269 e. The van der Waals surface area contributed by atoms with Crippen molar-refractivity contribution in [3.05, 3.63) is 70.2 Å². The van der Waals surface area contributed by atoms with Crippen molar-refractivity contribution in [1.29, 1.82) is 5.53 Å². The summed E-state index contributed by atoms with van der Waals surface area (Å²) in [7, 11) is 0. The highest BCUT2D eigenvalue weighted by Crippen LogP contribution is 2.20. The van der Waals surface area contributed by atoms with Crippen LogP contribution in [0.4, 0.5) is 5.69 Å². The fourth-order valence-electron chi connectivity index (χ4n) is 2.19. The second-order valence-electron chi connectivity index (χ2n) is 5.16. The van der Waals surface area contributed by atoms with Gasteiger partial charge < -0.3 is 0 Å². The highest BCUT2D eigenvalue weighted by molar-refractivity contribution is 5.59. The van der Waals surface area contributed by atoms with Crippen LogP contribution in [0.5, 0.6) is 0 Å². The molecular formula is C15H13N8O2+. The van der Waals surface area contributed by atoms with Crippen LogP contribution in [-0.2, 0) is 13.1 Å². The number of benzene rings is 1. The first-order chi connectivity index (χ1) is 12.2. The molecule has 0 aliphatic rings. The van der Waals surface area contributed by atoms with Gasteiger partial charge in [-0.3, -0.25) is 15.1 Å². The molecule has 2 aromatic heterocycles. The fourth-order valence-corrected chi connectivity index (χ4v) is 2.19. The topological polar surface area (TPSA) is 137 Å². The van der Waals surface area contributed by atoms with E-state index in [1.165, 1.54) is 12.1 Å². The van der Waals surface area contributed by atoms with E-state index in [4.69, 9.17) is 5.53 Å². The summed E-state index contributed by atoms with van der Waals surface area (Å²) in [6.45, 7) is 0.768. The van der Waals surface area contributed by atoms with Crippen molar-refractivity contribution < 1.29 is 4.92 Å². The number of pyridine rings is 1. The lowest BCUT2D eigenvalue weighted by Gasteiger charge is -2.00. The number of hydrogen-bond acceptors (Lipinski definition) is 7. The van der Waals surface area contributed by atoms with Gasteiger partial charge in [-0.1, -0.05) is 11.3 Å². The monoisotopic (exact) mass is 337 g/mol. The number of non-ortho nitro benzene ring substituents is 1. The predicted octanol–water partition coefficient (Wildman–Crippen LogP) is 2.35. The first-order valence-corrected chi connectivity index (χ1v) is 7.27. The number of rotatable bonds is 6. The maximum absolute atomic E-state index is 10.7. The molecule has 124 valence electrons. The molecule has 0 fully saturated rings. The number of aromatic nitrogens is 4. The molecule has 0 aliphatic carbocycles. The number of nitro benzene ring substituents is 1. The summed E-state index contributed by atoms with van der Waals surface area (Å²) in [4.78, 5) is 17.5. The van der Waals surface area contributed by atoms with Crippen LogP contribution in [0.15, 0.2) is 53.9 Å². The Kier molecular flexibility index (Phi) is 4.63. The summed E-state index contributed by atoms with van der Waals surface area (Å²) in [5.41, 5.74) is 9.71. The van der Waals surface area contributed by atoms with E-state index in [1.807, 2.05) is 12.1 Å². The van der Waals surface area contributed by atoms with Crippen molar-refractivity contribution in [3.8, 4) is 11.3 Å². The van der Waals surface area contributed by atoms with Crippen molar-refractivity contribution in [1.82, 2.24) is 24.9 Å². The van der Waals surface area contributed by atoms with Crippen LogP contribution in [0.2, 0.25) is 0 Å². The third kappa shape index (κ3) is 3.95. The molecule has 3 rings (SSSR count). The predicted molar refractivity (Wildman–Crippen MR) is 86.4 cm³/mol. The summed E-state index contributed by atoms with van der Waals surface area (Å²) in [5, 5.41) is 22.4. The van der Waals surface area contributed by atoms with Crippen LogP contribution in [0.1, 0.15) is 11.3 Å². The lowest BCUT2D eigenvalue weighted by molar-refractivity contribution is -0.384. The zero-order chi connectivity index (χ0) is 17.6. The van der Waals surface area contributed by atoms with Crippen molar-refractivity contribution in [2.24, 2.45) is 5.11 Å². The zero-order valence-electron chi connectivity index (χ0n) is 13.0. The molecule has 25 heavy (non-hydrogen) atoms. The van der Waals surface area contributed by atoms with Crippen LogP contribution >= 0.6 is 0 Å². The number of nitro groups is 1. The Morgan fingerprint density at radius 1 is 1.24 bits per heavy atom. The van der Waals surface area contributed by atoms with Crippen LogP contribution in [-0.4, -0.2) is 24.9 Å². The molecule has 0 aliphatic heterocycles. The Morgan fingerprint density at radius 3 is 2.68 bits per heavy atom. The van der Waals surface area contributed by atoms with Gasteiger partial charge in [-0.25, -0.2) is 4.68 Å².